The summed E-state index contributed by atoms with van der Waals surface area (Å²) in [7, 11) is -3.48. The van der Waals surface area contributed by atoms with Crippen molar-refractivity contribution >= 4 is 44.5 Å². The van der Waals surface area contributed by atoms with Gasteiger partial charge in [-0.3, -0.25) is 4.79 Å². The Kier molecular flexibility index (Phi) is 5.76. The highest BCUT2D eigenvalue weighted by atomic mass is 35.5. The molecule has 6 nitrogen and oxygen atoms in total. The molecule has 0 radical (unpaired) electrons. The van der Waals surface area contributed by atoms with Crippen molar-refractivity contribution in [3.8, 4) is 0 Å². The van der Waals surface area contributed by atoms with Crippen molar-refractivity contribution in [3.05, 3.63) is 10.7 Å². The fourth-order valence-electron chi connectivity index (χ4n) is 2.46. The van der Waals surface area contributed by atoms with Crippen molar-refractivity contribution in [1.29, 1.82) is 0 Å². The van der Waals surface area contributed by atoms with Crippen LogP contribution in [0.25, 0.3) is 0 Å². The zero-order valence-electron chi connectivity index (χ0n) is 12.2. The summed E-state index contributed by atoms with van der Waals surface area (Å²) in [6.07, 6.45) is 1.74. The largest absolute Gasteiger partial charge is 0.317 e. The highest BCUT2D eigenvalue weighted by Gasteiger charge is 2.48. The van der Waals surface area contributed by atoms with Gasteiger partial charge in [0, 0.05) is 6.26 Å². The van der Waals surface area contributed by atoms with Crippen LogP contribution < -0.4 is 10.6 Å². The van der Waals surface area contributed by atoms with Crippen molar-refractivity contribution < 1.29 is 13.2 Å². The molecule has 2 heterocycles. The first-order valence-electron chi connectivity index (χ1n) is 6.42. The van der Waals surface area contributed by atoms with Crippen molar-refractivity contribution in [2.45, 2.75) is 31.4 Å². The summed E-state index contributed by atoms with van der Waals surface area (Å²) in [6, 6.07) is 0. The number of amides is 1. The van der Waals surface area contributed by atoms with Gasteiger partial charge < -0.3 is 10.6 Å². The third-order valence-corrected chi connectivity index (χ3v) is 6.67. The number of thiazole rings is 1. The number of nitrogens with zero attached hydrogens (tertiary/aromatic N) is 1. The second kappa shape index (κ2) is 6.60. The lowest BCUT2D eigenvalue weighted by Gasteiger charge is -2.34. The van der Waals surface area contributed by atoms with E-state index < -0.39 is 20.5 Å². The molecular formula is C12H20ClN3O3S2. The number of carbonyl (C=O) groups excluding carboxylic acids is 1. The molecule has 21 heavy (non-hydrogen) atoms. The van der Waals surface area contributed by atoms with Crippen LogP contribution in [0.15, 0.2) is 0 Å². The lowest BCUT2D eigenvalue weighted by atomic mass is 9.96. The number of piperidine rings is 1. The number of sulfone groups is 1. The number of hydrogen-bond donors (Lipinski definition) is 2. The third kappa shape index (κ3) is 3.56. The number of aromatic nitrogens is 1. The lowest BCUT2D eigenvalue weighted by Crippen LogP contribution is -2.55. The Morgan fingerprint density at radius 2 is 1.90 bits per heavy atom. The number of halogens is 1. The van der Waals surface area contributed by atoms with Crippen molar-refractivity contribution in [2.24, 2.45) is 0 Å². The van der Waals surface area contributed by atoms with Gasteiger partial charge in [-0.25, -0.2) is 13.4 Å². The number of carbonyl (C=O) groups is 1. The maximum atomic E-state index is 12.6. The molecular weight excluding hydrogens is 334 g/mol. The zero-order chi connectivity index (χ0) is 15.0. The molecule has 2 rings (SSSR count). The van der Waals surface area contributed by atoms with E-state index >= 15 is 0 Å². The van der Waals surface area contributed by atoms with E-state index in [1.165, 1.54) is 11.3 Å². The van der Waals surface area contributed by atoms with Crippen molar-refractivity contribution in [1.82, 2.24) is 10.3 Å². The molecule has 0 aromatic carbocycles. The third-order valence-electron chi connectivity index (χ3n) is 3.67. The fraction of sp³-hybridized carbons (Fsp3) is 0.667. The van der Waals surface area contributed by atoms with Crippen LogP contribution in [0.4, 0.5) is 5.00 Å². The predicted octanol–water partition coefficient (Wildman–Crippen LogP) is 1.29. The molecule has 1 aliphatic heterocycles. The molecule has 1 fully saturated rings. The Bertz CT molecular complexity index is 622. The van der Waals surface area contributed by atoms with Crippen LogP contribution in [0.1, 0.15) is 23.5 Å². The molecule has 0 bridgehead atoms. The van der Waals surface area contributed by atoms with E-state index in [2.05, 4.69) is 15.6 Å². The molecule has 0 unspecified atom stereocenters. The molecule has 2 N–H and O–H groups in total. The van der Waals surface area contributed by atoms with Crippen molar-refractivity contribution in [2.75, 3.05) is 24.7 Å². The molecule has 1 saturated heterocycles. The van der Waals surface area contributed by atoms with Gasteiger partial charge in [0.25, 0.3) is 0 Å². The van der Waals surface area contributed by atoms with Gasteiger partial charge in [-0.15, -0.1) is 23.7 Å². The zero-order valence-corrected chi connectivity index (χ0v) is 14.7. The van der Waals surface area contributed by atoms with E-state index in [1.807, 2.05) is 6.92 Å². The Morgan fingerprint density at radius 1 is 1.33 bits per heavy atom. The van der Waals surface area contributed by atoms with Gasteiger partial charge in [0.1, 0.15) is 5.00 Å². The number of rotatable bonds is 3. The van der Waals surface area contributed by atoms with Crippen LogP contribution in [0.2, 0.25) is 0 Å². The second-order valence-electron chi connectivity index (χ2n) is 5.12. The maximum absolute atomic E-state index is 12.6. The average Bonchev–Trinajstić information content (AvgIpc) is 2.67. The van der Waals surface area contributed by atoms with Crippen LogP contribution in [0.3, 0.4) is 0 Å². The minimum absolute atomic E-state index is 0. The van der Waals surface area contributed by atoms with Gasteiger partial charge in [0.15, 0.2) is 14.6 Å². The summed E-state index contributed by atoms with van der Waals surface area (Å²) in [5.74, 6) is -0.437. The minimum Gasteiger partial charge on any atom is -0.317 e. The molecule has 0 atom stereocenters. The van der Waals surface area contributed by atoms with Crippen LogP contribution in [0, 0.1) is 13.8 Å². The van der Waals surface area contributed by atoms with Gasteiger partial charge in [-0.2, -0.15) is 0 Å². The highest BCUT2D eigenvalue weighted by molar-refractivity contribution is 7.92. The Hall–Kier alpha value is -0.700. The monoisotopic (exact) mass is 353 g/mol. The summed E-state index contributed by atoms with van der Waals surface area (Å²) in [4.78, 5) is 16.8. The molecule has 1 amide bonds. The quantitative estimate of drug-likeness (QED) is 0.854. The summed E-state index contributed by atoms with van der Waals surface area (Å²) in [5, 5.41) is 7.33. The first-order valence-corrected chi connectivity index (χ1v) is 9.13. The molecule has 120 valence electrons. The smallest absolute Gasteiger partial charge is 0.246 e. The summed E-state index contributed by atoms with van der Waals surface area (Å²) in [5.41, 5.74) is 0.721. The molecule has 0 spiro atoms. The van der Waals surface area contributed by atoms with Gasteiger partial charge in [0.05, 0.1) is 10.7 Å². The Balaban J connectivity index is 0.00000220. The highest BCUT2D eigenvalue weighted by Crippen LogP contribution is 2.31. The average molecular weight is 354 g/mol. The van der Waals surface area contributed by atoms with E-state index in [1.54, 1.807) is 6.92 Å². The SMILES string of the molecule is Cc1nc(C)c(NC(=O)C2(S(C)(=O)=O)CCNCC2)s1.Cl. The Morgan fingerprint density at radius 3 is 2.33 bits per heavy atom. The minimum atomic E-state index is -3.48. The topological polar surface area (TPSA) is 88.2 Å². The Labute approximate surface area is 135 Å². The molecule has 0 aliphatic carbocycles. The first kappa shape index (κ1) is 18.3. The fourth-order valence-corrected chi connectivity index (χ4v) is 4.61. The van der Waals surface area contributed by atoms with Gasteiger partial charge in [-0.1, -0.05) is 0 Å². The summed E-state index contributed by atoms with van der Waals surface area (Å²) < 4.78 is 22.9. The number of hydrogen-bond acceptors (Lipinski definition) is 6. The van der Waals surface area contributed by atoms with Gasteiger partial charge in [0.2, 0.25) is 5.91 Å². The molecule has 0 saturated carbocycles. The number of nitrogens with one attached hydrogen (secondary N) is 2. The lowest BCUT2D eigenvalue weighted by molar-refractivity contribution is -0.119. The van der Waals surface area contributed by atoms with Crippen LogP contribution >= 0.6 is 23.7 Å². The van der Waals surface area contributed by atoms with E-state index in [0.717, 1.165) is 17.0 Å². The summed E-state index contributed by atoms with van der Waals surface area (Å²) >= 11 is 1.36. The maximum Gasteiger partial charge on any atom is 0.246 e. The standard InChI is InChI=1S/C12H19N3O3S2.ClH/c1-8-10(19-9(2)14-8)15-11(16)12(20(3,17)18)4-6-13-7-5-12;/h13H,4-7H2,1-3H3,(H,15,16);1H. The van der Waals surface area contributed by atoms with Crippen LogP contribution in [-0.4, -0.2) is 43.4 Å². The van der Waals surface area contributed by atoms with Crippen LogP contribution in [-0.2, 0) is 14.6 Å². The van der Waals surface area contributed by atoms with E-state index in [9.17, 15) is 13.2 Å². The van der Waals surface area contributed by atoms with E-state index in [-0.39, 0.29) is 12.4 Å². The molecule has 1 aliphatic rings. The molecule has 1 aromatic rings. The first-order chi connectivity index (χ1) is 9.26. The van der Waals surface area contributed by atoms with Crippen LogP contribution in [0.5, 0.6) is 0 Å². The van der Waals surface area contributed by atoms with Gasteiger partial charge >= 0.3 is 0 Å². The van der Waals surface area contributed by atoms with Crippen molar-refractivity contribution in [3.63, 3.8) is 0 Å². The normalized spacial score (nSPS) is 17.9. The summed E-state index contributed by atoms with van der Waals surface area (Å²) in [6.45, 7) is 4.71. The van der Waals surface area contributed by atoms with Gasteiger partial charge in [-0.05, 0) is 39.8 Å². The van der Waals surface area contributed by atoms with E-state index in [4.69, 9.17) is 0 Å². The second-order valence-corrected chi connectivity index (χ2v) is 8.65. The molecule has 9 heteroatoms. The predicted molar refractivity (Wildman–Crippen MR) is 87.1 cm³/mol. The number of aryl methyl sites for hydroxylation is 2. The molecule has 1 aromatic heterocycles. The number of anilines is 1. The van der Waals surface area contributed by atoms with E-state index in [0.29, 0.717) is 30.9 Å².